The van der Waals surface area contributed by atoms with Crippen molar-refractivity contribution in [2.45, 2.75) is 38.6 Å². The number of hydrogen-bond acceptors (Lipinski definition) is 7. The van der Waals surface area contributed by atoms with Crippen LogP contribution < -0.4 is 5.56 Å². The zero-order valence-corrected chi connectivity index (χ0v) is 22.0. The van der Waals surface area contributed by atoms with Crippen LogP contribution in [0.1, 0.15) is 39.9 Å². The maximum Gasteiger partial charge on any atom is 0.259 e. The number of nitrogens with one attached hydrogen (secondary N) is 1. The molecule has 1 aliphatic rings. The number of aliphatic hydroxyl groups excluding tert-OH is 1. The van der Waals surface area contributed by atoms with Gasteiger partial charge in [-0.1, -0.05) is 60.7 Å². The molecule has 1 aliphatic heterocycles. The van der Waals surface area contributed by atoms with Gasteiger partial charge in [-0.05, 0) is 29.5 Å². The molecule has 2 aromatic carbocycles. The summed E-state index contributed by atoms with van der Waals surface area (Å²) in [4.78, 5) is 27.8. The molecule has 0 aliphatic carbocycles. The Labute approximate surface area is 221 Å². The van der Waals surface area contributed by atoms with Crippen LogP contribution in [0.15, 0.2) is 65.5 Å². The molecular formula is C29H34N4O3S. The lowest BCUT2D eigenvalue weighted by molar-refractivity contribution is 0.0981. The molecule has 8 heteroatoms. The van der Waals surface area contributed by atoms with Gasteiger partial charge in [-0.15, -0.1) is 11.3 Å². The maximum atomic E-state index is 13.2. The van der Waals surface area contributed by atoms with Crippen molar-refractivity contribution in [1.82, 2.24) is 19.8 Å². The summed E-state index contributed by atoms with van der Waals surface area (Å²) in [5.74, 6) is 0.634. The molecule has 0 bridgehead atoms. The summed E-state index contributed by atoms with van der Waals surface area (Å²) in [7, 11) is 1.69. The zero-order valence-electron chi connectivity index (χ0n) is 21.2. The highest BCUT2D eigenvalue weighted by Gasteiger charge is 2.24. The van der Waals surface area contributed by atoms with Crippen LogP contribution in [-0.2, 0) is 30.8 Å². The fourth-order valence-electron chi connectivity index (χ4n) is 5.05. The standard InChI is InChI=1S/C29H34N4O3S/c1-36-16-8-14-32(18-24(34)22-11-6-3-7-12-22)20-26-30-28(35)27-23-13-15-33(17-21-9-4-2-5-10-21)19-25(23)37-29(27)31-26/h2-7,9-12,24,34H,8,13-20H2,1H3,(H,30,31,35)/t24-/m1/s1. The molecule has 0 unspecified atom stereocenters. The number of thiophene rings is 1. The van der Waals surface area contributed by atoms with Crippen molar-refractivity contribution in [1.29, 1.82) is 0 Å². The van der Waals surface area contributed by atoms with Crippen LogP contribution in [0.2, 0.25) is 0 Å². The van der Waals surface area contributed by atoms with Crippen molar-refractivity contribution in [3.8, 4) is 0 Å². The number of methoxy groups -OCH3 is 1. The topological polar surface area (TPSA) is 81.7 Å². The minimum atomic E-state index is -0.621. The van der Waals surface area contributed by atoms with Crippen LogP contribution in [0.4, 0.5) is 0 Å². The molecule has 0 saturated carbocycles. The van der Waals surface area contributed by atoms with E-state index in [0.29, 0.717) is 25.5 Å². The predicted molar refractivity (Wildman–Crippen MR) is 148 cm³/mol. The monoisotopic (exact) mass is 518 g/mol. The lowest BCUT2D eigenvalue weighted by atomic mass is 10.0. The molecule has 1 atom stereocenters. The van der Waals surface area contributed by atoms with Gasteiger partial charge in [0.25, 0.3) is 5.56 Å². The molecule has 0 radical (unpaired) electrons. The second-order valence-corrected chi connectivity index (χ2v) is 10.7. The molecule has 2 N–H and O–H groups in total. The van der Waals surface area contributed by atoms with Gasteiger partial charge >= 0.3 is 0 Å². The Morgan fingerprint density at radius 3 is 2.68 bits per heavy atom. The van der Waals surface area contributed by atoms with Crippen LogP contribution in [0.5, 0.6) is 0 Å². The van der Waals surface area contributed by atoms with E-state index >= 15 is 0 Å². The smallest absolute Gasteiger partial charge is 0.259 e. The van der Waals surface area contributed by atoms with Gasteiger partial charge in [0.15, 0.2) is 0 Å². The largest absolute Gasteiger partial charge is 0.387 e. The van der Waals surface area contributed by atoms with Gasteiger partial charge in [-0.3, -0.25) is 14.6 Å². The quantitative estimate of drug-likeness (QED) is 0.291. The van der Waals surface area contributed by atoms with E-state index < -0.39 is 6.10 Å². The number of ether oxygens (including phenoxy) is 1. The van der Waals surface area contributed by atoms with E-state index in [1.165, 1.54) is 10.4 Å². The van der Waals surface area contributed by atoms with E-state index in [1.807, 2.05) is 36.4 Å². The number of benzene rings is 2. The predicted octanol–water partition coefficient (Wildman–Crippen LogP) is 4.12. The van der Waals surface area contributed by atoms with Gasteiger partial charge in [0.05, 0.1) is 18.0 Å². The van der Waals surface area contributed by atoms with Crippen LogP contribution in [-0.4, -0.2) is 58.2 Å². The highest BCUT2D eigenvalue weighted by molar-refractivity contribution is 7.18. The third-order valence-electron chi connectivity index (χ3n) is 6.90. The Morgan fingerprint density at radius 1 is 1.16 bits per heavy atom. The summed E-state index contributed by atoms with van der Waals surface area (Å²) in [5, 5.41) is 11.6. The Balaban J connectivity index is 1.33. The first-order valence-electron chi connectivity index (χ1n) is 12.8. The van der Waals surface area contributed by atoms with Gasteiger partial charge in [0, 0.05) is 51.3 Å². The minimum Gasteiger partial charge on any atom is -0.387 e. The molecule has 0 fully saturated rings. The Kier molecular flexibility index (Phi) is 8.43. The molecular weight excluding hydrogens is 484 g/mol. The van der Waals surface area contributed by atoms with Gasteiger partial charge in [0.1, 0.15) is 10.7 Å². The molecule has 2 aromatic heterocycles. The number of nitrogens with zero attached hydrogens (tertiary/aromatic N) is 3. The molecule has 3 heterocycles. The molecule has 7 nitrogen and oxygen atoms in total. The van der Waals surface area contributed by atoms with E-state index in [4.69, 9.17) is 9.72 Å². The highest BCUT2D eigenvalue weighted by Crippen LogP contribution is 2.33. The number of fused-ring (bicyclic) bond motifs is 3. The van der Waals surface area contributed by atoms with Gasteiger partial charge < -0.3 is 14.8 Å². The van der Waals surface area contributed by atoms with E-state index in [-0.39, 0.29) is 5.56 Å². The first kappa shape index (κ1) is 25.8. The van der Waals surface area contributed by atoms with Crippen LogP contribution in [0, 0.1) is 0 Å². The number of aliphatic hydroxyl groups is 1. The Morgan fingerprint density at radius 2 is 1.92 bits per heavy atom. The summed E-state index contributed by atoms with van der Waals surface area (Å²) < 4.78 is 5.24. The normalized spacial score (nSPS) is 14.8. The van der Waals surface area contributed by atoms with Crippen LogP contribution in [0.25, 0.3) is 10.2 Å². The number of rotatable bonds is 11. The van der Waals surface area contributed by atoms with Crippen molar-refractivity contribution in [2.24, 2.45) is 0 Å². The first-order valence-corrected chi connectivity index (χ1v) is 13.7. The molecule has 5 rings (SSSR count). The highest BCUT2D eigenvalue weighted by atomic mass is 32.1. The second kappa shape index (κ2) is 12.1. The lowest BCUT2D eigenvalue weighted by Crippen LogP contribution is -2.31. The van der Waals surface area contributed by atoms with Crippen molar-refractivity contribution in [3.05, 3.63) is 98.4 Å². The average Bonchev–Trinajstić information content (AvgIpc) is 3.28. The van der Waals surface area contributed by atoms with E-state index in [9.17, 15) is 9.90 Å². The third kappa shape index (κ3) is 6.34. The van der Waals surface area contributed by atoms with E-state index in [0.717, 1.165) is 60.4 Å². The summed E-state index contributed by atoms with van der Waals surface area (Å²) >= 11 is 1.64. The fraction of sp³-hybridized carbons (Fsp3) is 0.379. The van der Waals surface area contributed by atoms with Crippen molar-refractivity contribution >= 4 is 21.6 Å². The summed E-state index contributed by atoms with van der Waals surface area (Å²) in [5.41, 5.74) is 3.27. The fourth-order valence-corrected chi connectivity index (χ4v) is 6.34. The molecule has 0 amide bonds. The summed E-state index contributed by atoms with van der Waals surface area (Å²) in [6.07, 6.45) is 1.07. The van der Waals surface area contributed by atoms with Crippen molar-refractivity contribution < 1.29 is 9.84 Å². The first-order chi connectivity index (χ1) is 18.1. The molecule has 0 saturated heterocycles. The van der Waals surface area contributed by atoms with E-state index in [2.05, 4.69) is 39.0 Å². The molecule has 37 heavy (non-hydrogen) atoms. The average molecular weight is 519 g/mol. The number of aromatic nitrogens is 2. The van der Waals surface area contributed by atoms with Crippen LogP contribution >= 0.6 is 11.3 Å². The van der Waals surface area contributed by atoms with Crippen LogP contribution in [0.3, 0.4) is 0 Å². The van der Waals surface area contributed by atoms with Crippen molar-refractivity contribution in [3.63, 3.8) is 0 Å². The number of H-pyrrole nitrogens is 1. The second-order valence-electron chi connectivity index (χ2n) is 9.65. The van der Waals surface area contributed by atoms with E-state index in [1.54, 1.807) is 18.4 Å². The summed E-state index contributed by atoms with van der Waals surface area (Å²) in [6.45, 7) is 4.95. The SMILES string of the molecule is COCCCN(Cc1nc2sc3c(c2c(=O)[nH]1)CCN(Cc1ccccc1)C3)C[C@@H](O)c1ccccc1. The Bertz CT molecular complexity index is 1360. The number of hydrogen-bond donors (Lipinski definition) is 2. The molecule has 4 aromatic rings. The Hall–Kier alpha value is -2.88. The third-order valence-corrected chi connectivity index (χ3v) is 8.01. The molecule has 0 spiro atoms. The lowest BCUT2D eigenvalue weighted by Gasteiger charge is -2.26. The number of aromatic amines is 1. The minimum absolute atomic E-state index is 0.0607. The van der Waals surface area contributed by atoms with Gasteiger partial charge in [0.2, 0.25) is 0 Å². The zero-order chi connectivity index (χ0) is 25.6. The summed E-state index contributed by atoms with van der Waals surface area (Å²) in [6, 6.07) is 20.2. The van der Waals surface area contributed by atoms with Crippen molar-refractivity contribution in [2.75, 3.05) is 33.4 Å². The van der Waals surface area contributed by atoms with Gasteiger partial charge in [-0.2, -0.15) is 0 Å². The molecule has 194 valence electrons. The maximum absolute atomic E-state index is 13.2. The van der Waals surface area contributed by atoms with Gasteiger partial charge in [-0.25, -0.2) is 4.98 Å².